The van der Waals surface area contributed by atoms with Gasteiger partial charge in [0.25, 0.3) is 0 Å². The van der Waals surface area contributed by atoms with Crippen LogP contribution in [0.1, 0.15) is 0 Å². The number of hydrogen-bond donors (Lipinski definition) is 3. The second kappa shape index (κ2) is 4.49. The van der Waals surface area contributed by atoms with Gasteiger partial charge >= 0.3 is 0 Å². The Morgan fingerprint density at radius 3 is 2.67 bits per heavy atom. The van der Waals surface area contributed by atoms with Crippen molar-refractivity contribution in [3.05, 3.63) is 54.7 Å². The molecule has 4 aromatic rings. The van der Waals surface area contributed by atoms with E-state index < -0.39 is 0 Å². The molecule has 0 spiro atoms. The van der Waals surface area contributed by atoms with Crippen LogP contribution in [0.25, 0.3) is 33.4 Å². The van der Waals surface area contributed by atoms with Gasteiger partial charge in [-0.1, -0.05) is 30.3 Å². The van der Waals surface area contributed by atoms with E-state index in [9.17, 15) is 0 Å². The molecule has 2 aromatic heterocycles. The Kier molecular flexibility index (Phi) is 2.50. The molecule has 0 unspecified atom stereocenters. The van der Waals surface area contributed by atoms with Gasteiger partial charge in [-0.2, -0.15) is 10.2 Å². The molecule has 5 heteroatoms. The standard InChI is InChI=1S/C16H13N5/c17-11-6-7-12-14(8-11)19-21-16(12)13-9-18-20-15(13)10-4-2-1-3-5-10/h1-9H,17H2,(H,18,20)(H,19,21). The maximum atomic E-state index is 5.81. The van der Waals surface area contributed by atoms with Crippen LogP contribution in [0.5, 0.6) is 0 Å². The van der Waals surface area contributed by atoms with Crippen LogP contribution < -0.4 is 5.73 Å². The number of aromatic amines is 2. The molecular weight excluding hydrogens is 262 g/mol. The molecule has 0 atom stereocenters. The highest BCUT2D eigenvalue weighted by Gasteiger charge is 2.15. The molecule has 0 radical (unpaired) electrons. The summed E-state index contributed by atoms with van der Waals surface area (Å²) in [6.45, 7) is 0. The molecule has 0 amide bonds. The maximum absolute atomic E-state index is 5.81. The van der Waals surface area contributed by atoms with E-state index in [2.05, 4.69) is 20.4 Å². The number of nitrogen functional groups attached to an aromatic ring is 1. The van der Waals surface area contributed by atoms with Gasteiger partial charge in [0.2, 0.25) is 0 Å². The Morgan fingerprint density at radius 1 is 0.952 bits per heavy atom. The van der Waals surface area contributed by atoms with Gasteiger partial charge in [-0.15, -0.1) is 0 Å². The molecule has 4 rings (SSSR count). The number of fused-ring (bicyclic) bond motifs is 1. The highest BCUT2D eigenvalue weighted by atomic mass is 15.1. The first-order valence-electron chi connectivity index (χ1n) is 6.66. The summed E-state index contributed by atoms with van der Waals surface area (Å²) in [7, 11) is 0. The first-order chi connectivity index (χ1) is 10.3. The number of H-pyrrole nitrogens is 2. The minimum atomic E-state index is 0.716. The summed E-state index contributed by atoms with van der Waals surface area (Å²) >= 11 is 0. The van der Waals surface area contributed by atoms with Crippen molar-refractivity contribution in [2.24, 2.45) is 0 Å². The lowest BCUT2D eigenvalue weighted by Gasteiger charge is -2.01. The molecule has 102 valence electrons. The molecule has 0 aliphatic rings. The number of nitrogens with one attached hydrogen (secondary N) is 2. The molecule has 0 saturated heterocycles. The largest absolute Gasteiger partial charge is 0.399 e. The number of hydrogen-bond acceptors (Lipinski definition) is 3. The van der Waals surface area contributed by atoms with Crippen LogP contribution in [0.4, 0.5) is 5.69 Å². The van der Waals surface area contributed by atoms with Crippen molar-refractivity contribution in [3.8, 4) is 22.5 Å². The predicted octanol–water partition coefficient (Wildman–Crippen LogP) is 3.20. The quantitative estimate of drug-likeness (QED) is 0.491. The van der Waals surface area contributed by atoms with Crippen LogP contribution >= 0.6 is 0 Å². The Hall–Kier alpha value is -3.08. The zero-order valence-corrected chi connectivity index (χ0v) is 11.2. The highest BCUT2D eigenvalue weighted by Crippen LogP contribution is 2.33. The zero-order valence-electron chi connectivity index (χ0n) is 11.2. The zero-order chi connectivity index (χ0) is 14.2. The number of nitrogens with zero attached hydrogens (tertiary/aromatic N) is 2. The summed E-state index contributed by atoms with van der Waals surface area (Å²) in [4.78, 5) is 0. The van der Waals surface area contributed by atoms with E-state index in [4.69, 9.17) is 5.73 Å². The van der Waals surface area contributed by atoms with E-state index in [1.54, 1.807) is 6.20 Å². The van der Waals surface area contributed by atoms with Crippen molar-refractivity contribution in [2.45, 2.75) is 0 Å². The number of benzene rings is 2. The van der Waals surface area contributed by atoms with Crippen LogP contribution in [-0.2, 0) is 0 Å². The third-order valence-electron chi connectivity index (χ3n) is 3.54. The summed E-state index contributed by atoms with van der Waals surface area (Å²) in [5, 5.41) is 15.7. The summed E-state index contributed by atoms with van der Waals surface area (Å²) in [6.07, 6.45) is 1.80. The fourth-order valence-corrected chi connectivity index (χ4v) is 2.53. The number of nitrogens with two attached hydrogens (primary N) is 1. The number of aromatic nitrogens is 4. The van der Waals surface area contributed by atoms with E-state index >= 15 is 0 Å². The van der Waals surface area contributed by atoms with Crippen molar-refractivity contribution in [2.75, 3.05) is 5.73 Å². The van der Waals surface area contributed by atoms with Gasteiger partial charge in [-0.3, -0.25) is 10.2 Å². The summed E-state index contributed by atoms with van der Waals surface area (Å²) in [5.74, 6) is 0. The van der Waals surface area contributed by atoms with Gasteiger partial charge in [-0.25, -0.2) is 0 Å². The lowest BCUT2D eigenvalue weighted by Crippen LogP contribution is -1.84. The predicted molar refractivity (Wildman–Crippen MR) is 83.5 cm³/mol. The Bertz CT molecular complexity index is 905. The smallest absolute Gasteiger partial charge is 0.104 e. The lowest BCUT2D eigenvalue weighted by atomic mass is 10.0. The van der Waals surface area contributed by atoms with Crippen LogP contribution in [0.3, 0.4) is 0 Å². The Morgan fingerprint density at radius 2 is 1.81 bits per heavy atom. The van der Waals surface area contributed by atoms with Crippen LogP contribution in [-0.4, -0.2) is 20.4 Å². The van der Waals surface area contributed by atoms with Gasteiger partial charge < -0.3 is 5.73 Å². The van der Waals surface area contributed by atoms with E-state index in [1.165, 1.54) is 0 Å². The van der Waals surface area contributed by atoms with Crippen molar-refractivity contribution in [3.63, 3.8) is 0 Å². The summed E-state index contributed by atoms with van der Waals surface area (Å²) in [6, 6.07) is 15.8. The van der Waals surface area contributed by atoms with Gasteiger partial charge in [0, 0.05) is 22.2 Å². The molecule has 2 aromatic carbocycles. The van der Waals surface area contributed by atoms with E-state index in [0.29, 0.717) is 5.69 Å². The van der Waals surface area contributed by atoms with Gasteiger partial charge in [-0.05, 0) is 18.2 Å². The highest BCUT2D eigenvalue weighted by molar-refractivity contribution is 5.97. The summed E-state index contributed by atoms with van der Waals surface area (Å²) in [5.41, 5.74) is 11.3. The molecule has 21 heavy (non-hydrogen) atoms. The van der Waals surface area contributed by atoms with Crippen LogP contribution in [0, 0.1) is 0 Å². The third kappa shape index (κ3) is 1.87. The minimum Gasteiger partial charge on any atom is -0.399 e. The molecule has 0 fully saturated rings. The first kappa shape index (κ1) is 11.7. The van der Waals surface area contributed by atoms with Crippen LogP contribution in [0.15, 0.2) is 54.7 Å². The fraction of sp³-hybridized carbons (Fsp3) is 0. The molecule has 0 saturated carbocycles. The topological polar surface area (TPSA) is 83.4 Å². The normalized spacial score (nSPS) is 11.0. The minimum absolute atomic E-state index is 0.716. The third-order valence-corrected chi connectivity index (χ3v) is 3.54. The van der Waals surface area contributed by atoms with Gasteiger partial charge in [0.15, 0.2) is 0 Å². The second-order valence-corrected chi connectivity index (χ2v) is 4.90. The summed E-state index contributed by atoms with van der Waals surface area (Å²) < 4.78 is 0. The van der Waals surface area contributed by atoms with Gasteiger partial charge in [0.05, 0.1) is 17.4 Å². The van der Waals surface area contributed by atoms with E-state index in [0.717, 1.165) is 33.4 Å². The monoisotopic (exact) mass is 275 g/mol. The lowest BCUT2D eigenvalue weighted by molar-refractivity contribution is 1.10. The molecule has 0 aliphatic heterocycles. The van der Waals surface area contributed by atoms with E-state index in [1.807, 2.05) is 48.5 Å². The molecule has 0 aliphatic carbocycles. The fourth-order valence-electron chi connectivity index (χ4n) is 2.53. The average molecular weight is 275 g/mol. The Labute approximate surface area is 120 Å². The molecule has 0 bridgehead atoms. The number of rotatable bonds is 2. The van der Waals surface area contributed by atoms with Crippen molar-refractivity contribution in [1.82, 2.24) is 20.4 Å². The van der Waals surface area contributed by atoms with Crippen molar-refractivity contribution < 1.29 is 0 Å². The van der Waals surface area contributed by atoms with E-state index in [-0.39, 0.29) is 0 Å². The first-order valence-corrected chi connectivity index (χ1v) is 6.66. The van der Waals surface area contributed by atoms with Gasteiger partial charge in [0.1, 0.15) is 5.69 Å². The van der Waals surface area contributed by atoms with Crippen molar-refractivity contribution in [1.29, 1.82) is 0 Å². The Balaban J connectivity index is 1.93. The second-order valence-electron chi connectivity index (χ2n) is 4.90. The molecule has 2 heterocycles. The molecular formula is C16H13N5. The maximum Gasteiger partial charge on any atom is 0.104 e. The molecule has 4 N–H and O–H groups in total. The SMILES string of the molecule is Nc1ccc2c(-c3cn[nH]c3-c3ccccc3)n[nH]c2c1. The van der Waals surface area contributed by atoms with Crippen LogP contribution in [0.2, 0.25) is 0 Å². The number of anilines is 1. The van der Waals surface area contributed by atoms with Crippen molar-refractivity contribution >= 4 is 16.6 Å². The molecule has 5 nitrogen and oxygen atoms in total. The average Bonchev–Trinajstić information content (AvgIpc) is 3.13.